The Balaban J connectivity index is 2.05. The standard InChI is InChI=1S/C22H22FN3O/c1-22(17-5-3-2-4-6-17,18-11-13-25-14-12-18)16-26(15-21(24)27)20-9-7-19(23)8-10-20/h2-14H,15-16H2,1H3,(H2,24,27). The third-order valence-corrected chi connectivity index (χ3v) is 4.77. The molecule has 0 saturated heterocycles. The van der Waals surface area contributed by atoms with Crippen molar-refractivity contribution >= 4 is 11.6 Å². The summed E-state index contributed by atoms with van der Waals surface area (Å²) < 4.78 is 13.4. The molecule has 4 nitrogen and oxygen atoms in total. The van der Waals surface area contributed by atoms with Crippen LogP contribution in [0.2, 0.25) is 0 Å². The lowest BCUT2D eigenvalue weighted by molar-refractivity contribution is -0.116. The van der Waals surface area contributed by atoms with E-state index in [1.807, 2.05) is 35.2 Å². The van der Waals surface area contributed by atoms with Gasteiger partial charge in [-0.15, -0.1) is 0 Å². The molecule has 0 aliphatic carbocycles. The van der Waals surface area contributed by atoms with Gasteiger partial charge in [0.15, 0.2) is 0 Å². The Morgan fingerprint density at radius 1 is 1.00 bits per heavy atom. The van der Waals surface area contributed by atoms with Crippen molar-refractivity contribution in [1.29, 1.82) is 0 Å². The lowest BCUT2D eigenvalue weighted by Gasteiger charge is -2.37. The van der Waals surface area contributed by atoms with Crippen LogP contribution in [0.25, 0.3) is 0 Å². The molecule has 0 spiro atoms. The van der Waals surface area contributed by atoms with Crippen LogP contribution in [0.4, 0.5) is 10.1 Å². The zero-order valence-corrected chi connectivity index (χ0v) is 15.2. The van der Waals surface area contributed by atoms with Crippen molar-refractivity contribution in [2.24, 2.45) is 5.73 Å². The number of primary amides is 1. The van der Waals surface area contributed by atoms with Gasteiger partial charge in [0.05, 0.1) is 6.54 Å². The number of halogens is 1. The Bertz CT molecular complexity index is 843. The minimum Gasteiger partial charge on any atom is -0.368 e. The maximum absolute atomic E-state index is 13.4. The molecule has 0 aliphatic heterocycles. The van der Waals surface area contributed by atoms with Crippen LogP contribution >= 0.6 is 0 Å². The number of rotatable bonds is 7. The molecular formula is C22H22FN3O. The van der Waals surface area contributed by atoms with Crippen LogP contribution in [0.3, 0.4) is 0 Å². The largest absolute Gasteiger partial charge is 0.368 e. The average Bonchev–Trinajstić information content (AvgIpc) is 2.69. The normalized spacial score (nSPS) is 13.0. The van der Waals surface area contributed by atoms with Crippen LogP contribution in [0.15, 0.2) is 79.1 Å². The van der Waals surface area contributed by atoms with Crippen molar-refractivity contribution < 1.29 is 9.18 Å². The number of pyridine rings is 1. The first kappa shape index (κ1) is 18.6. The molecule has 0 aliphatic rings. The van der Waals surface area contributed by atoms with Gasteiger partial charge in [0, 0.05) is 30.0 Å². The topological polar surface area (TPSA) is 59.2 Å². The van der Waals surface area contributed by atoms with Gasteiger partial charge < -0.3 is 10.6 Å². The molecule has 2 N–H and O–H groups in total. The summed E-state index contributed by atoms with van der Waals surface area (Å²) in [6, 6.07) is 20.1. The fraction of sp³-hybridized carbons (Fsp3) is 0.182. The molecule has 0 bridgehead atoms. The van der Waals surface area contributed by atoms with Gasteiger partial charge in [-0.3, -0.25) is 9.78 Å². The first-order valence-electron chi connectivity index (χ1n) is 8.74. The first-order valence-corrected chi connectivity index (χ1v) is 8.74. The summed E-state index contributed by atoms with van der Waals surface area (Å²) in [5.74, 6) is -0.762. The van der Waals surface area contributed by atoms with Crippen molar-refractivity contribution in [1.82, 2.24) is 4.98 Å². The predicted molar refractivity (Wildman–Crippen MR) is 105 cm³/mol. The van der Waals surface area contributed by atoms with E-state index in [-0.39, 0.29) is 12.4 Å². The van der Waals surface area contributed by atoms with Gasteiger partial charge in [-0.25, -0.2) is 4.39 Å². The molecule has 0 fully saturated rings. The van der Waals surface area contributed by atoms with Crippen LogP contribution in [-0.2, 0) is 10.2 Å². The fourth-order valence-corrected chi connectivity index (χ4v) is 3.34. The maximum Gasteiger partial charge on any atom is 0.236 e. The minimum atomic E-state index is -0.440. The Morgan fingerprint density at radius 2 is 1.59 bits per heavy atom. The SMILES string of the molecule is CC(CN(CC(N)=O)c1ccc(F)cc1)(c1ccccc1)c1ccncc1. The lowest BCUT2D eigenvalue weighted by Crippen LogP contribution is -2.43. The second kappa shape index (κ2) is 7.99. The number of nitrogens with two attached hydrogens (primary N) is 1. The van der Waals surface area contributed by atoms with Crippen molar-refractivity contribution in [2.45, 2.75) is 12.3 Å². The molecule has 1 atom stereocenters. The zero-order valence-electron chi connectivity index (χ0n) is 15.2. The second-order valence-electron chi connectivity index (χ2n) is 6.73. The number of hydrogen-bond donors (Lipinski definition) is 1. The Kier molecular flexibility index (Phi) is 5.50. The Hall–Kier alpha value is -3.21. The number of anilines is 1. The van der Waals surface area contributed by atoms with Crippen LogP contribution in [0, 0.1) is 5.82 Å². The number of aromatic nitrogens is 1. The van der Waals surface area contributed by atoms with Gasteiger partial charge in [0.1, 0.15) is 5.82 Å². The molecule has 2 aromatic carbocycles. The Labute approximate surface area is 158 Å². The zero-order chi connectivity index (χ0) is 19.3. The molecule has 1 unspecified atom stereocenters. The number of hydrogen-bond acceptors (Lipinski definition) is 3. The summed E-state index contributed by atoms with van der Waals surface area (Å²) in [4.78, 5) is 17.7. The van der Waals surface area contributed by atoms with E-state index in [0.717, 1.165) is 16.8 Å². The quantitative estimate of drug-likeness (QED) is 0.699. The van der Waals surface area contributed by atoms with E-state index >= 15 is 0 Å². The molecule has 0 radical (unpaired) electrons. The van der Waals surface area contributed by atoms with Gasteiger partial charge >= 0.3 is 0 Å². The van der Waals surface area contributed by atoms with E-state index in [4.69, 9.17) is 5.73 Å². The van der Waals surface area contributed by atoms with E-state index in [0.29, 0.717) is 6.54 Å². The number of benzene rings is 2. The highest BCUT2D eigenvalue weighted by Gasteiger charge is 2.32. The van der Waals surface area contributed by atoms with Crippen LogP contribution in [0.5, 0.6) is 0 Å². The summed E-state index contributed by atoms with van der Waals surface area (Å²) in [6.45, 7) is 2.66. The van der Waals surface area contributed by atoms with E-state index in [9.17, 15) is 9.18 Å². The molecule has 0 saturated carbocycles. The molecule has 1 heterocycles. The highest BCUT2D eigenvalue weighted by molar-refractivity contribution is 5.79. The number of carbonyl (C=O) groups excluding carboxylic acids is 1. The number of carbonyl (C=O) groups is 1. The number of nitrogens with zero attached hydrogens (tertiary/aromatic N) is 2. The third-order valence-electron chi connectivity index (χ3n) is 4.77. The highest BCUT2D eigenvalue weighted by atomic mass is 19.1. The maximum atomic E-state index is 13.4. The van der Waals surface area contributed by atoms with Gasteiger partial charge in [-0.2, -0.15) is 0 Å². The smallest absolute Gasteiger partial charge is 0.236 e. The third kappa shape index (κ3) is 4.31. The second-order valence-corrected chi connectivity index (χ2v) is 6.73. The molecular weight excluding hydrogens is 341 g/mol. The molecule has 3 aromatic rings. The summed E-state index contributed by atoms with van der Waals surface area (Å²) >= 11 is 0. The van der Waals surface area contributed by atoms with Crippen LogP contribution in [0.1, 0.15) is 18.1 Å². The van der Waals surface area contributed by atoms with Crippen molar-refractivity contribution in [2.75, 3.05) is 18.0 Å². The molecule has 27 heavy (non-hydrogen) atoms. The van der Waals surface area contributed by atoms with Crippen molar-refractivity contribution in [3.63, 3.8) is 0 Å². The highest BCUT2D eigenvalue weighted by Crippen LogP contribution is 2.34. The fourth-order valence-electron chi connectivity index (χ4n) is 3.34. The first-order chi connectivity index (χ1) is 13.0. The molecule has 1 amide bonds. The molecule has 1 aromatic heterocycles. The summed E-state index contributed by atoms with van der Waals surface area (Å²) in [6.07, 6.45) is 3.51. The minimum absolute atomic E-state index is 0.0408. The number of amides is 1. The van der Waals surface area contributed by atoms with E-state index in [2.05, 4.69) is 24.0 Å². The molecule has 138 valence electrons. The van der Waals surface area contributed by atoms with Crippen LogP contribution < -0.4 is 10.6 Å². The summed E-state index contributed by atoms with van der Waals surface area (Å²) in [5.41, 5.74) is 7.99. The molecule has 3 rings (SSSR count). The van der Waals surface area contributed by atoms with E-state index in [1.54, 1.807) is 24.5 Å². The predicted octanol–water partition coefficient (Wildman–Crippen LogP) is 3.52. The monoisotopic (exact) mass is 363 g/mol. The van der Waals surface area contributed by atoms with Gasteiger partial charge in [0.25, 0.3) is 0 Å². The van der Waals surface area contributed by atoms with Crippen LogP contribution in [-0.4, -0.2) is 24.0 Å². The lowest BCUT2D eigenvalue weighted by atomic mass is 9.76. The van der Waals surface area contributed by atoms with Gasteiger partial charge in [-0.1, -0.05) is 30.3 Å². The van der Waals surface area contributed by atoms with Crippen molar-refractivity contribution in [3.05, 3.63) is 96.1 Å². The van der Waals surface area contributed by atoms with E-state index < -0.39 is 11.3 Å². The molecule has 5 heteroatoms. The van der Waals surface area contributed by atoms with Gasteiger partial charge in [-0.05, 0) is 54.4 Å². The summed E-state index contributed by atoms with van der Waals surface area (Å²) in [5, 5.41) is 0. The Morgan fingerprint density at radius 3 is 2.19 bits per heavy atom. The van der Waals surface area contributed by atoms with Crippen molar-refractivity contribution in [3.8, 4) is 0 Å². The summed E-state index contributed by atoms with van der Waals surface area (Å²) in [7, 11) is 0. The van der Waals surface area contributed by atoms with E-state index in [1.165, 1.54) is 12.1 Å². The van der Waals surface area contributed by atoms with Gasteiger partial charge in [0.2, 0.25) is 5.91 Å². The average molecular weight is 363 g/mol.